The van der Waals surface area contributed by atoms with Gasteiger partial charge in [0.2, 0.25) is 0 Å². The molecule has 0 saturated heterocycles. The lowest BCUT2D eigenvalue weighted by Gasteiger charge is -2.14. The van der Waals surface area contributed by atoms with Crippen LogP contribution in [0.1, 0.15) is 25.1 Å². The highest BCUT2D eigenvalue weighted by molar-refractivity contribution is 7.10. The predicted octanol–water partition coefficient (Wildman–Crippen LogP) is 2.64. The lowest BCUT2D eigenvalue weighted by molar-refractivity contribution is 0.563. The van der Waals surface area contributed by atoms with Crippen molar-refractivity contribution >= 4 is 11.3 Å². The van der Waals surface area contributed by atoms with Crippen LogP contribution in [0.5, 0.6) is 0 Å². The molecule has 0 radical (unpaired) electrons. The number of hydrogen-bond acceptors (Lipinski definition) is 2. The van der Waals surface area contributed by atoms with Gasteiger partial charge in [-0.2, -0.15) is 0 Å². The fourth-order valence-electron chi connectivity index (χ4n) is 2.07. The van der Waals surface area contributed by atoms with Crippen LogP contribution in [0, 0.1) is 5.92 Å². The average molecular weight is 195 g/mol. The molecule has 1 fully saturated rings. The maximum absolute atomic E-state index is 3.48. The van der Waals surface area contributed by atoms with Crippen molar-refractivity contribution in [2.24, 2.45) is 5.92 Å². The largest absolute Gasteiger partial charge is 0.316 e. The van der Waals surface area contributed by atoms with Crippen LogP contribution in [0.4, 0.5) is 0 Å². The minimum absolute atomic E-state index is 0.490. The van der Waals surface area contributed by atoms with Gasteiger partial charge in [-0.25, -0.2) is 0 Å². The zero-order valence-corrected chi connectivity index (χ0v) is 9.16. The van der Waals surface area contributed by atoms with E-state index >= 15 is 0 Å². The Bertz CT molecular complexity index is 268. The summed E-state index contributed by atoms with van der Waals surface area (Å²) in [5, 5.41) is 5.66. The molecule has 72 valence electrons. The van der Waals surface area contributed by atoms with Crippen LogP contribution in [-0.2, 0) is 5.41 Å². The third-order valence-corrected chi connectivity index (χ3v) is 4.25. The first-order valence-electron chi connectivity index (χ1n) is 5.04. The maximum Gasteiger partial charge on any atom is 0.0200 e. The number of hydrogen-bond donors (Lipinski definition) is 1. The highest BCUT2D eigenvalue weighted by Gasteiger charge is 2.52. The second kappa shape index (κ2) is 3.43. The summed E-state index contributed by atoms with van der Waals surface area (Å²) in [7, 11) is 0. The monoisotopic (exact) mass is 195 g/mol. The summed E-state index contributed by atoms with van der Waals surface area (Å²) in [6, 6.07) is 4.45. The third-order valence-electron chi connectivity index (χ3n) is 3.16. The summed E-state index contributed by atoms with van der Waals surface area (Å²) in [6.07, 6.45) is 1.36. The summed E-state index contributed by atoms with van der Waals surface area (Å²) in [4.78, 5) is 1.57. The zero-order valence-electron chi connectivity index (χ0n) is 8.34. The Morgan fingerprint density at radius 1 is 1.69 bits per heavy atom. The van der Waals surface area contributed by atoms with Gasteiger partial charge >= 0.3 is 0 Å². The highest BCUT2D eigenvalue weighted by atomic mass is 32.1. The molecule has 2 atom stereocenters. The van der Waals surface area contributed by atoms with Gasteiger partial charge in [-0.1, -0.05) is 19.9 Å². The van der Waals surface area contributed by atoms with Crippen molar-refractivity contribution in [3.05, 3.63) is 22.4 Å². The normalized spacial score (nSPS) is 32.0. The minimum Gasteiger partial charge on any atom is -0.316 e. The van der Waals surface area contributed by atoms with E-state index in [9.17, 15) is 0 Å². The van der Waals surface area contributed by atoms with Crippen molar-refractivity contribution in [3.8, 4) is 0 Å². The standard InChI is InChI=1S/C11H17NS/c1-3-12-8-11(7-9(11)2)10-5-4-6-13-10/h4-6,9,12H,3,7-8H2,1-2H3. The van der Waals surface area contributed by atoms with E-state index in [0.29, 0.717) is 5.41 Å². The van der Waals surface area contributed by atoms with Crippen LogP contribution >= 0.6 is 11.3 Å². The molecule has 1 nitrogen and oxygen atoms in total. The molecule has 0 aromatic carbocycles. The lowest BCUT2D eigenvalue weighted by atomic mass is 10.0. The number of likely N-dealkylation sites (N-methyl/N-ethyl adjacent to an activating group) is 1. The van der Waals surface area contributed by atoms with Crippen LogP contribution < -0.4 is 5.32 Å². The Labute approximate surface area is 84.2 Å². The quantitative estimate of drug-likeness (QED) is 0.779. The van der Waals surface area contributed by atoms with E-state index in [1.165, 1.54) is 6.42 Å². The Hall–Kier alpha value is -0.340. The van der Waals surface area contributed by atoms with E-state index in [4.69, 9.17) is 0 Å². The molecule has 0 spiro atoms. The molecule has 13 heavy (non-hydrogen) atoms. The molecule has 1 aliphatic carbocycles. The molecule has 0 amide bonds. The van der Waals surface area contributed by atoms with Gasteiger partial charge in [0.15, 0.2) is 0 Å². The molecule has 1 heterocycles. The third kappa shape index (κ3) is 1.53. The molecule has 2 rings (SSSR count). The van der Waals surface area contributed by atoms with Crippen LogP contribution in [0.25, 0.3) is 0 Å². The second-order valence-corrected chi connectivity index (χ2v) is 4.97. The minimum atomic E-state index is 0.490. The Kier molecular flexibility index (Phi) is 2.43. The van der Waals surface area contributed by atoms with Crippen molar-refractivity contribution in [1.29, 1.82) is 0 Å². The van der Waals surface area contributed by atoms with Crippen molar-refractivity contribution < 1.29 is 0 Å². The Balaban J connectivity index is 2.09. The smallest absolute Gasteiger partial charge is 0.0200 e. The summed E-state index contributed by atoms with van der Waals surface area (Å²) >= 11 is 1.91. The molecule has 1 aliphatic rings. The van der Waals surface area contributed by atoms with Gasteiger partial charge in [-0.15, -0.1) is 11.3 Å². The molecule has 2 heteroatoms. The van der Waals surface area contributed by atoms with E-state index < -0.39 is 0 Å². The molecule has 2 unspecified atom stereocenters. The van der Waals surface area contributed by atoms with Gasteiger partial charge < -0.3 is 5.32 Å². The van der Waals surface area contributed by atoms with Gasteiger partial charge in [0.1, 0.15) is 0 Å². The first-order valence-corrected chi connectivity index (χ1v) is 5.92. The summed E-state index contributed by atoms with van der Waals surface area (Å²) in [5.41, 5.74) is 0.490. The van der Waals surface area contributed by atoms with Crippen molar-refractivity contribution in [2.75, 3.05) is 13.1 Å². The van der Waals surface area contributed by atoms with Gasteiger partial charge in [0.25, 0.3) is 0 Å². The van der Waals surface area contributed by atoms with Gasteiger partial charge in [0, 0.05) is 16.8 Å². The average Bonchev–Trinajstić information content (AvgIpc) is 2.61. The first-order chi connectivity index (χ1) is 6.29. The predicted molar refractivity (Wildman–Crippen MR) is 58.3 cm³/mol. The van der Waals surface area contributed by atoms with Crippen LogP contribution in [-0.4, -0.2) is 13.1 Å². The van der Waals surface area contributed by atoms with E-state index in [2.05, 4.69) is 36.7 Å². The maximum atomic E-state index is 3.48. The molecule has 0 aliphatic heterocycles. The molecule has 1 aromatic heterocycles. The fourth-order valence-corrected chi connectivity index (χ4v) is 3.13. The van der Waals surface area contributed by atoms with Crippen LogP contribution in [0.2, 0.25) is 0 Å². The molecule has 0 bridgehead atoms. The first kappa shape index (κ1) is 9.22. The van der Waals surface area contributed by atoms with Gasteiger partial charge in [-0.3, -0.25) is 0 Å². The lowest BCUT2D eigenvalue weighted by Crippen LogP contribution is -2.27. The summed E-state index contributed by atoms with van der Waals surface area (Å²) in [5.74, 6) is 0.866. The molecule has 1 saturated carbocycles. The Morgan fingerprint density at radius 3 is 2.92 bits per heavy atom. The molecular weight excluding hydrogens is 178 g/mol. The van der Waals surface area contributed by atoms with Crippen LogP contribution in [0.15, 0.2) is 17.5 Å². The second-order valence-electron chi connectivity index (χ2n) is 4.02. The van der Waals surface area contributed by atoms with E-state index in [0.717, 1.165) is 19.0 Å². The Morgan fingerprint density at radius 2 is 2.46 bits per heavy atom. The van der Waals surface area contributed by atoms with Gasteiger partial charge in [-0.05, 0) is 30.3 Å². The van der Waals surface area contributed by atoms with Crippen molar-refractivity contribution in [3.63, 3.8) is 0 Å². The summed E-state index contributed by atoms with van der Waals surface area (Å²) in [6.45, 7) is 6.78. The van der Waals surface area contributed by atoms with Crippen molar-refractivity contribution in [2.45, 2.75) is 25.7 Å². The SMILES string of the molecule is CCNCC1(c2cccs2)CC1C. The fraction of sp³-hybridized carbons (Fsp3) is 0.636. The van der Waals surface area contributed by atoms with E-state index in [1.54, 1.807) is 4.88 Å². The number of rotatable bonds is 4. The topological polar surface area (TPSA) is 12.0 Å². The zero-order chi connectivity index (χ0) is 9.31. The van der Waals surface area contributed by atoms with Crippen LogP contribution in [0.3, 0.4) is 0 Å². The van der Waals surface area contributed by atoms with E-state index in [-0.39, 0.29) is 0 Å². The summed E-state index contributed by atoms with van der Waals surface area (Å²) < 4.78 is 0. The highest BCUT2D eigenvalue weighted by Crippen LogP contribution is 2.54. The molecule has 1 aromatic rings. The van der Waals surface area contributed by atoms with Crippen molar-refractivity contribution in [1.82, 2.24) is 5.32 Å². The molecular formula is C11H17NS. The van der Waals surface area contributed by atoms with E-state index in [1.807, 2.05) is 11.3 Å². The number of nitrogens with one attached hydrogen (secondary N) is 1. The van der Waals surface area contributed by atoms with Gasteiger partial charge in [0.05, 0.1) is 0 Å². The number of thiophene rings is 1. The molecule has 1 N–H and O–H groups in total.